The van der Waals surface area contributed by atoms with Gasteiger partial charge in [-0.15, -0.1) is 0 Å². The number of amides is 1. The molecule has 3 fully saturated rings. The van der Waals surface area contributed by atoms with Crippen LogP contribution in [-0.4, -0.2) is 36.0 Å². The third-order valence-electron chi connectivity index (χ3n) is 5.01. The van der Waals surface area contributed by atoms with Crippen LogP contribution >= 0.6 is 0 Å². The van der Waals surface area contributed by atoms with Crippen LogP contribution in [0.25, 0.3) is 0 Å². The zero-order chi connectivity index (χ0) is 11.8. The molecule has 0 spiro atoms. The zero-order valence-corrected chi connectivity index (χ0v) is 10.8. The molecule has 17 heavy (non-hydrogen) atoms. The van der Waals surface area contributed by atoms with Crippen LogP contribution in [0.1, 0.15) is 45.4 Å². The number of hydrogen-bond donors (Lipinski definition) is 1. The summed E-state index contributed by atoms with van der Waals surface area (Å²) >= 11 is 0. The van der Waals surface area contributed by atoms with Gasteiger partial charge in [0.15, 0.2) is 0 Å². The van der Waals surface area contributed by atoms with E-state index in [9.17, 15) is 4.79 Å². The summed E-state index contributed by atoms with van der Waals surface area (Å²) in [5.74, 6) is 1.51. The Morgan fingerprint density at radius 2 is 2.06 bits per heavy atom. The average Bonchev–Trinajstić information content (AvgIpc) is 2.94. The molecule has 3 rings (SSSR count). The molecule has 0 radical (unpaired) electrons. The molecule has 3 aliphatic rings. The summed E-state index contributed by atoms with van der Waals surface area (Å²) in [6, 6.07) is 1.06. The molecule has 2 aliphatic heterocycles. The van der Waals surface area contributed by atoms with Crippen molar-refractivity contribution >= 4 is 5.91 Å². The van der Waals surface area contributed by atoms with Crippen molar-refractivity contribution in [1.29, 1.82) is 0 Å². The smallest absolute Gasteiger partial charge is 0.227 e. The van der Waals surface area contributed by atoms with Crippen LogP contribution in [0.2, 0.25) is 0 Å². The summed E-state index contributed by atoms with van der Waals surface area (Å²) in [5.41, 5.74) is 0. The lowest BCUT2D eigenvalue weighted by molar-refractivity contribution is -0.138. The molecule has 0 aromatic heterocycles. The minimum Gasteiger partial charge on any atom is -0.336 e. The van der Waals surface area contributed by atoms with Gasteiger partial charge < -0.3 is 10.2 Å². The molecule has 2 heterocycles. The van der Waals surface area contributed by atoms with Gasteiger partial charge in [-0.3, -0.25) is 4.79 Å². The number of rotatable bonds is 1. The summed E-state index contributed by atoms with van der Waals surface area (Å²) in [5, 5.41) is 3.32. The zero-order valence-electron chi connectivity index (χ0n) is 10.8. The number of fused-ring (bicyclic) bond motifs is 1. The van der Waals surface area contributed by atoms with Gasteiger partial charge in [0.25, 0.3) is 0 Å². The SMILES string of the molecule is CC1CC2CCCCC2N1C(=O)C1CCNC1. The molecule has 2 saturated heterocycles. The molecular formula is C14H24N2O. The predicted molar refractivity (Wildman–Crippen MR) is 67.6 cm³/mol. The second kappa shape index (κ2) is 4.60. The van der Waals surface area contributed by atoms with Gasteiger partial charge in [-0.25, -0.2) is 0 Å². The van der Waals surface area contributed by atoms with Crippen LogP contribution in [0.4, 0.5) is 0 Å². The van der Waals surface area contributed by atoms with E-state index >= 15 is 0 Å². The van der Waals surface area contributed by atoms with Crippen molar-refractivity contribution in [2.24, 2.45) is 11.8 Å². The molecule has 0 aromatic rings. The monoisotopic (exact) mass is 236 g/mol. The maximum absolute atomic E-state index is 12.6. The van der Waals surface area contributed by atoms with Crippen molar-refractivity contribution in [2.45, 2.75) is 57.5 Å². The van der Waals surface area contributed by atoms with E-state index in [2.05, 4.69) is 17.1 Å². The van der Waals surface area contributed by atoms with Crippen LogP contribution in [0.3, 0.4) is 0 Å². The highest BCUT2D eigenvalue weighted by molar-refractivity contribution is 5.80. The molecule has 0 bridgehead atoms. The number of hydrogen-bond acceptors (Lipinski definition) is 2. The van der Waals surface area contributed by atoms with Crippen molar-refractivity contribution in [3.63, 3.8) is 0 Å². The number of carbonyl (C=O) groups excluding carboxylic acids is 1. The summed E-state index contributed by atoms with van der Waals surface area (Å²) in [4.78, 5) is 14.9. The van der Waals surface area contributed by atoms with Gasteiger partial charge in [-0.05, 0) is 45.1 Å². The lowest BCUT2D eigenvalue weighted by atomic mass is 9.84. The molecule has 1 amide bonds. The maximum atomic E-state index is 12.6. The third-order valence-corrected chi connectivity index (χ3v) is 5.01. The second-order valence-corrected chi connectivity index (χ2v) is 6.13. The highest BCUT2D eigenvalue weighted by atomic mass is 16.2. The fourth-order valence-electron chi connectivity index (χ4n) is 4.16. The first-order valence-corrected chi connectivity index (χ1v) is 7.30. The summed E-state index contributed by atoms with van der Waals surface area (Å²) < 4.78 is 0. The highest BCUT2D eigenvalue weighted by Crippen LogP contribution is 2.40. The molecule has 1 aliphatic carbocycles. The Kier molecular flexibility index (Phi) is 3.12. The normalized spacial score (nSPS) is 41.6. The quantitative estimate of drug-likeness (QED) is 0.752. The first-order valence-electron chi connectivity index (χ1n) is 7.30. The Hall–Kier alpha value is -0.570. The molecule has 4 atom stereocenters. The van der Waals surface area contributed by atoms with Gasteiger partial charge in [-0.2, -0.15) is 0 Å². The van der Waals surface area contributed by atoms with Gasteiger partial charge in [0.1, 0.15) is 0 Å². The third kappa shape index (κ3) is 1.99. The van der Waals surface area contributed by atoms with Gasteiger partial charge in [-0.1, -0.05) is 12.8 Å². The van der Waals surface area contributed by atoms with Gasteiger partial charge in [0, 0.05) is 18.6 Å². The predicted octanol–water partition coefficient (Wildman–Crippen LogP) is 1.78. The van der Waals surface area contributed by atoms with E-state index in [0.29, 0.717) is 18.0 Å². The van der Waals surface area contributed by atoms with Crippen molar-refractivity contribution in [2.75, 3.05) is 13.1 Å². The summed E-state index contributed by atoms with van der Waals surface area (Å²) in [7, 11) is 0. The molecule has 1 N–H and O–H groups in total. The van der Waals surface area contributed by atoms with Crippen LogP contribution in [0, 0.1) is 11.8 Å². The molecule has 3 heteroatoms. The molecule has 96 valence electrons. The van der Waals surface area contributed by atoms with E-state index in [1.807, 2.05) is 0 Å². The fraction of sp³-hybridized carbons (Fsp3) is 0.929. The van der Waals surface area contributed by atoms with E-state index in [1.165, 1.54) is 32.1 Å². The van der Waals surface area contributed by atoms with Crippen LogP contribution in [0.5, 0.6) is 0 Å². The Labute approximate surface area is 104 Å². The lowest BCUT2D eigenvalue weighted by Gasteiger charge is -2.34. The number of nitrogens with zero attached hydrogens (tertiary/aromatic N) is 1. The Balaban J connectivity index is 1.74. The van der Waals surface area contributed by atoms with E-state index in [4.69, 9.17) is 0 Å². The Bertz CT molecular complexity index is 299. The number of likely N-dealkylation sites (tertiary alicyclic amines) is 1. The van der Waals surface area contributed by atoms with Crippen molar-refractivity contribution in [3.05, 3.63) is 0 Å². The topological polar surface area (TPSA) is 32.3 Å². The molecule has 4 unspecified atom stereocenters. The number of carbonyl (C=O) groups is 1. The van der Waals surface area contributed by atoms with Crippen molar-refractivity contribution in [3.8, 4) is 0 Å². The largest absolute Gasteiger partial charge is 0.336 e. The van der Waals surface area contributed by atoms with Crippen LogP contribution in [0.15, 0.2) is 0 Å². The minimum absolute atomic E-state index is 0.262. The standard InChI is InChI=1S/C14H24N2O/c1-10-8-11-4-2-3-5-13(11)16(10)14(17)12-6-7-15-9-12/h10-13,15H,2-9H2,1H3. The van der Waals surface area contributed by atoms with Gasteiger partial charge in [0.2, 0.25) is 5.91 Å². The average molecular weight is 236 g/mol. The fourth-order valence-corrected chi connectivity index (χ4v) is 4.16. The molecule has 0 aromatic carbocycles. The molecule has 1 saturated carbocycles. The van der Waals surface area contributed by atoms with Crippen molar-refractivity contribution < 1.29 is 4.79 Å². The van der Waals surface area contributed by atoms with E-state index in [0.717, 1.165) is 25.4 Å². The minimum atomic E-state index is 0.262. The van der Waals surface area contributed by atoms with E-state index in [-0.39, 0.29) is 5.92 Å². The first kappa shape index (κ1) is 11.5. The van der Waals surface area contributed by atoms with Gasteiger partial charge in [0.05, 0.1) is 5.92 Å². The molecule has 3 nitrogen and oxygen atoms in total. The summed E-state index contributed by atoms with van der Waals surface area (Å²) in [6.07, 6.45) is 7.58. The Morgan fingerprint density at radius 3 is 2.82 bits per heavy atom. The number of nitrogens with one attached hydrogen (secondary N) is 1. The molecular weight excluding hydrogens is 212 g/mol. The highest BCUT2D eigenvalue weighted by Gasteiger charge is 2.44. The van der Waals surface area contributed by atoms with Crippen LogP contribution in [-0.2, 0) is 4.79 Å². The first-order chi connectivity index (χ1) is 8.27. The van der Waals surface area contributed by atoms with Crippen molar-refractivity contribution in [1.82, 2.24) is 10.2 Å². The Morgan fingerprint density at radius 1 is 1.24 bits per heavy atom. The second-order valence-electron chi connectivity index (χ2n) is 6.13. The van der Waals surface area contributed by atoms with Crippen LogP contribution < -0.4 is 5.32 Å². The maximum Gasteiger partial charge on any atom is 0.227 e. The van der Waals surface area contributed by atoms with E-state index in [1.54, 1.807) is 0 Å². The lowest BCUT2D eigenvalue weighted by Crippen LogP contribution is -2.45. The summed E-state index contributed by atoms with van der Waals surface area (Å²) in [6.45, 7) is 4.17. The van der Waals surface area contributed by atoms with Gasteiger partial charge >= 0.3 is 0 Å². The van der Waals surface area contributed by atoms with E-state index < -0.39 is 0 Å².